The zero-order valence-electron chi connectivity index (χ0n) is 16.9. The molecule has 0 fully saturated rings. The molecule has 0 bridgehead atoms. The minimum atomic E-state index is -0.131. The Hall–Kier alpha value is -3.12. The summed E-state index contributed by atoms with van der Waals surface area (Å²) in [5.41, 5.74) is 3.54. The van der Waals surface area contributed by atoms with Crippen molar-refractivity contribution >= 4 is 6.03 Å². The van der Waals surface area contributed by atoms with Crippen LogP contribution in [0.1, 0.15) is 23.1 Å². The molecule has 2 aromatic carbocycles. The number of carbonyl (C=O) groups excluding carboxylic acids is 1. The summed E-state index contributed by atoms with van der Waals surface area (Å²) in [6.45, 7) is 3.74. The maximum absolute atomic E-state index is 12.0. The third-order valence-corrected chi connectivity index (χ3v) is 4.65. The van der Waals surface area contributed by atoms with Gasteiger partial charge in [0, 0.05) is 32.0 Å². The topological polar surface area (TPSA) is 62.2 Å². The fourth-order valence-electron chi connectivity index (χ4n) is 3.19. The van der Waals surface area contributed by atoms with Gasteiger partial charge >= 0.3 is 6.03 Å². The van der Waals surface area contributed by atoms with Crippen molar-refractivity contribution in [1.82, 2.24) is 25.3 Å². The number of rotatable bonds is 10. The van der Waals surface area contributed by atoms with Crippen LogP contribution >= 0.6 is 0 Å². The molecule has 3 rings (SSSR count). The summed E-state index contributed by atoms with van der Waals surface area (Å²) < 4.78 is 1.88. The van der Waals surface area contributed by atoms with E-state index in [0.717, 1.165) is 37.2 Å². The van der Waals surface area contributed by atoms with E-state index in [2.05, 4.69) is 64.1 Å². The SMILES string of the molecule is CN(CCCNC(=O)NCc1cccc(Cn2cccn2)c1)Cc1ccccc1. The molecule has 0 spiro atoms. The van der Waals surface area contributed by atoms with E-state index >= 15 is 0 Å². The molecule has 152 valence electrons. The average Bonchev–Trinajstić information content (AvgIpc) is 3.24. The molecule has 0 aliphatic rings. The standard InChI is InChI=1S/C23H29N5O/c1-27(18-20-8-3-2-4-9-20)14-6-12-24-23(29)25-17-21-10-5-11-22(16-21)19-28-15-7-13-26-28/h2-5,7-11,13,15-16H,6,12,14,17-19H2,1H3,(H2,24,25,29). The smallest absolute Gasteiger partial charge is 0.315 e. The molecular weight excluding hydrogens is 362 g/mol. The highest BCUT2D eigenvalue weighted by Crippen LogP contribution is 2.07. The summed E-state index contributed by atoms with van der Waals surface area (Å²) in [7, 11) is 2.10. The van der Waals surface area contributed by atoms with Gasteiger partial charge in [-0.25, -0.2) is 4.79 Å². The Morgan fingerprint density at radius 3 is 2.59 bits per heavy atom. The molecular formula is C23H29N5O. The zero-order chi connectivity index (χ0) is 20.3. The Labute approximate surface area is 172 Å². The number of amides is 2. The van der Waals surface area contributed by atoms with E-state index in [1.54, 1.807) is 6.20 Å². The number of hydrogen-bond donors (Lipinski definition) is 2. The van der Waals surface area contributed by atoms with Crippen molar-refractivity contribution in [3.05, 3.63) is 89.7 Å². The van der Waals surface area contributed by atoms with Gasteiger partial charge in [-0.2, -0.15) is 5.10 Å². The van der Waals surface area contributed by atoms with Gasteiger partial charge < -0.3 is 15.5 Å². The van der Waals surface area contributed by atoms with E-state index in [4.69, 9.17) is 0 Å². The second-order valence-corrected chi connectivity index (χ2v) is 7.21. The lowest BCUT2D eigenvalue weighted by Gasteiger charge is -2.16. The second kappa shape index (κ2) is 11.0. The van der Waals surface area contributed by atoms with E-state index in [1.807, 2.05) is 35.1 Å². The van der Waals surface area contributed by atoms with Crippen LogP contribution < -0.4 is 10.6 Å². The van der Waals surface area contributed by atoms with Gasteiger partial charge in [0.25, 0.3) is 0 Å². The lowest BCUT2D eigenvalue weighted by molar-refractivity contribution is 0.239. The van der Waals surface area contributed by atoms with E-state index in [1.165, 1.54) is 5.56 Å². The van der Waals surface area contributed by atoms with Crippen LogP contribution in [0.2, 0.25) is 0 Å². The number of hydrogen-bond acceptors (Lipinski definition) is 3. The molecule has 0 aliphatic carbocycles. The van der Waals surface area contributed by atoms with Crippen LogP contribution in [0, 0.1) is 0 Å². The first-order valence-electron chi connectivity index (χ1n) is 9.98. The summed E-state index contributed by atoms with van der Waals surface area (Å²) in [4.78, 5) is 14.3. The molecule has 29 heavy (non-hydrogen) atoms. The lowest BCUT2D eigenvalue weighted by Crippen LogP contribution is -2.36. The van der Waals surface area contributed by atoms with Crippen molar-refractivity contribution in [3.8, 4) is 0 Å². The van der Waals surface area contributed by atoms with E-state index in [-0.39, 0.29) is 6.03 Å². The normalized spacial score (nSPS) is 10.8. The average molecular weight is 392 g/mol. The molecule has 0 aliphatic heterocycles. The van der Waals surface area contributed by atoms with Gasteiger partial charge in [0.15, 0.2) is 0 Å². The van der Waals surface area contributed by atoms with Crippen molar-refractivity contribution in [2.45, 2.75) is 26.1 Å². The molecule has 0 atom stereocenters. The minimum Gasteiger partial charge on any atom is -0.338 e. The van der Waals surface area contributed by atoms with Crippen LogP contribution in [-0.2, 0) is 19.6 Å². The summed E-state index contributed by atoms with van der Waals surface area (Å²) >= 11 is 0. The van der Waals surface area contributed by atoms with Crippen molar-refractivity contribution < 1.29 is 4.79 Å². The van der Waals surface area contributed by atoms with Crippen LogP contribution in [0.15, 0.2) is 73.1 Å². The number of urea groups is 1. The van der Waals surface area contributed by atoms with Crippen molar-refractivity contribution in [2.24, 2.45) is 0 Å². The molecule has 2 amide bonds. The fraction of sp³-hybridized carbons (Fsp3) is 0.304. The third kappa shape index (κ3) is 7.43. The monoisotopic (exact) mass is 391 g/mol. The highest BCUT2D eigenvalue weighted by molar-refractivity contribution is 5.73. The van der Waals surface area contributed by atoms with E-state index in [9.17, 15) is 4.79 Å². The Balaban J connectivity index is 1.32. The van der Waals surface area contributed by atoms with Crippen LogP contribution in [0.3, 0.4) is 0 Å². The van der Waals surface area contributed by atoms with Crippen molar-refractivity contribution in [3.63, 3.8) is 0 Å². The second-order valence-electron chi connectivity index (χ2n) is 7.21. The Kier molecular flexibility index (Phi) is 7.83. The van der Waals surface area contributed by atoms with Gasteiger partial charge in [0.05, 0.1) is 6.54 Å². The number of aromatic nitrogens is 2. The first kappa shape index (κ1) is 20.6. The first-order valence-corrected chi connectivity index (χ1v) is 9.98. The third-order valence-electron chi connectivity index (χ3n) is 4.65. The molecule has 0 saturated heterocycles. The van der Waals surface area contributed by atoms with Crippen LogP contribution in [0.25, 0.3) is 0 Å². The van der Waals surface area contributed by atoms with Crippen LogP contribution in [0.4, 0.5) is 4.79 Å². The van der Waals surface area contributed by atoms with Crippen LogP contribution in [0.5, 0.6) is 0 Å². The van der Waals surface area contributed by atoms with Gasteiger partial charge in [0.2, 0.25) is 0 Å². The lowest BCUT2D eigenvalue weighted by atomic mass is 10.1. The number of nitrogens with zero attached hydrogens (tertiary/aromatic N) is 3. The van der Waals surface area contributed by atoms with Gasteiger partial charge in [0.1, 0.15) is 0 Å². The van der Waals surface area contributed by atoms with E-state index < -0.39 is 0 Å². The van der Waals surface area contributed by atoms with E-state index in [0.29, 0.717) is 13.1 Å². The summed E-state index contributed by atoms with van der Waals surface area (Å²) in [6.07, 6.45) is 4.63. The minimum absolute atomic E-state index is 0.131. The number of carbonyl (C=O) groups is 1. The Morgan fingerprint density at radius 2 is 1.79 bits per heavy atom. The van der Waals surface area contributed by atoms with Gasteiger partial charge in [-0.3, -0.25) is 4.68 Å². The number of benzene rings is 2. The maximum Gasteiger partial charge on any atom is 0.315 e. The molecule has 6 heteroatoms. The van der Waals surface area contributed by atoms with Gasteiger partial charge in [-0.1, -0.05) is 54.6 Å². The molecule has 1 aromatic heterocycles. The molecule has 0 saturated carbocycles. The Bertz CT molecular complexity index is 864. The largest absolute Gasteiger partial charge is 0.338 e. The van der Waals surface area contributed by atoms with Gasteiger partial charge in [-0.15, -0.1) is 0 Å². The van der Waals surface area contributed by atoms with Crippen molar-refractivity contribution in [1.29, 1.82) is 0 Å². The molecule has 6 nitrogen and oxygen atoms in total. The Morgan fingerprint density at radius 1 is 1.00 bits per heavy atom. The summed E-state index contributed by atoms with van der Waals surface area (Å²) in [5.74, 6) is 0. The molecule has 3 aromatic rings. The fourth-order valence-corrected chi connectivity index (χ4v) is 3.19. The predicted octanol–water partition coefficient (Wildman–Crippen LogP) is 3.25. The predicted molar refractivity (Wildman–Crippen MR) is 115 cm³/mol. The van der Waals surface area contributed by atoms with Crippen molar-refractivity contribution in [2.75, 3.05) is 20.1 Å². The molecule has 2 N–H and O–H groups in total. The highest BCUT2D eigenvalue weighted by atomic mass is 16.2. The number of nitrogens with one attached hydrogen (secondary N) is 2. The highest BCUT2D eigenvalue weighted by Gasteiger charge is 2.03. The van der Waals surface area contributed by atoms with Crippen LogP contribution in [-0.4, -0.2) is 40.8 Å². The zero-order valence-corrected chi connectivity index (χ0v) is 16.9. The molecule has 1 heterocycles. The molecule has 0 unspecified atom stereocenters. The maximum atomic E-state index is 12.0. The summed E-state index contributed by atoms with van der Waals surface area (Å²) in [6, 6.07) is 20.4. The molecule has 0 radical (unpaired) electrons. The quantitative estimate of drug-likeness (QED) is 0.522. The summed E-state index contributed by atoms with van der Waals surface area (Å²) in [5, 5.41) is 10.1. The first-order chi connectivity index (χ1) is 14.2. The van der Waals surface area contributed by atoms with Gasteiger partial charge in [-0.05, 0) is 42.8 Å².